The van der Waals surface area contributed by atoms with Crippen LogP contribution in [0.25, 0.3) is 33.6 Å². The lowest BCUT2D eigenvalue weighted by atomic mass is 9.94. The Labute approximate surface area is 287 Å². The quantitative estimate of drug-likeness (QED) is 0.201. The first-order valence-corrected chi connectivity index (χ1v) is 17.3. The fourth-order valence-corrected chi connectivity index (χ4v) is 7.87. The van der Waals surface area contributed by atoms with E-state index in [4.69, 9.17) is 20.4 Å². The Kier molecular flexibility index (Phi) is 8.04. The molecule has 5 heterocycles. The summed E-state index contributed by atoms with van der Waals surface area (Å²) in [6.07, 6.45) is 3.61. The molecule has 1 aliphatic heterocycles. The zero-order valence-corrected chi connectivity index (χ0v) is 28.3. The number of alkyl halides is 2. The highest BCUT2D eigenvalue weighted by atomic mass is 19.3. The van der Waals surface area contributed by atoms with Crippen molar-refractivity contribution in [3.63, 3.8) is 0 Å². The number of likely N-dealkylation sites (tertiary alicyclic amines) is 1. The number of imidazole rings is 1. The molecule has 3 N–H and O–H groups in total. The fraction of sp³-hybridized carbons (Fsp3) is 0.432. The van der Waals surface area contributed by atoms with Gasteiger partial charge in [-0.05, 0) is 93.3 Å². The Hall–Kier alpha value is -4.91. The highest BCUT2D eigenvalue weighted by Crippen LogP contribution is 2.40. The number of benzene rings is 1. The predicted molar refractivity (Wildman–Crippen MR) is 184 cm³/mol. The van der Waals surface area contributed by atoms with Crippen LogP contribution < -0.4 is 15.8 Å². The highest BCUT2D eigenvalue weighted by Gasteiger charge is 2.41. The molecule has 0 radical (unpaired) electrons. The molecular formula is C37H40F2N8O3. The number of fused-ring (bicyclic) bond motifs is 4. The Morgan fingerprint density at radius 2 is 1.92 bits per heavy atom. The van der Waals surface area contributed by atoms with Crippen LogP contribution in [0.1, 0.15) is 83.6 Å². The number of nitrogens with two attached hydrogens (primary N) is 1. The smallest absolute Gasteiger partial charge is 0.281 e. The molecule has 5 aromatic rings. The molecular weight excluding hydrogens is 642 g/mol. The van der Waals surface area contributed by atoms with Crippen molar-refractivity contribution >= 4 is 33.9 Å². The second kappa shape index (κ2) is 12.4. The first-order valence-electron chi connectivity index (χ1n) is 17.3. The third-order valence-corrected chi connectivity index (χ3v) is 10.8. The van der Waals surface area contributed by atoms with Gasteiger partial charge >= 0.3 is 0 Å². The number of carbonyl (C=O) groups is 2. The van der Waals surface area contributed by atoms with Gasteiger partial charge in [0.1, 0.15) is 22.6 Å². The number of pyridine rings is 2. The molecule has 260 valence electrons. The lowest BCUT2D eigenvalue weighted by Crippen LogP contribution is -2.51. The van der Waals surface area contributed by atoms with Crippen molar-refractivity contribution in [1.29, 1.82) is 0 Å². The van der Waals surface area contributed by atoms with Gasteiger partial charge in [0.2, 0.25) is 0 Å². The first kappa shape index (κ1) is 32.3. The van der Waals surface area contributed by atoms with Gasteiger partial charge in [-0.2, -0.15) is 0 Å². The molecule has 0 spiro atoms. The number of carbonyl (C=O) groups excluding carboxylic acids is 2. The van der Waals surface area contributed by atoms with E-state index in [0.29, 0.717) is 46.7 Å². The topological polar surface area (TPSA) is 133 Å². The van der Waals surface area contributed by atoms with E-state index < -0.39 is 24.1 Å². The Morgan fingerprint density at radius 3 is 2.68 bits per heavy atom. The summed E-state index contributed by atoms with van der Waals surface area (Å²) in [7, 11) is 3.55. The average molecular weight is 683 g/mol. The van der Waals surface area contributed by atoms with Crippen LogP contribution in [-0.2, 0) is 13.6 Å². The van der Waals surface area contributed by atoms with Gasteiger partial charge in [-0.25, -0.2) is 18.7 Å². The summed E-state index contributed by atoms with van der Waals surface area (Å²) >= 11 is 0. The molecule has 2 amide bonds. The number of hydrogen-bond acceptors (Lipinski definition) is 7. The number of halogens is 2. The Balaban J connectivity index is 1.15. The van der Waals surface area contributed by atoms with E-state index in [9.17, 15) is 18.4 Å². The predicted octanol–water partition coefficient (Wildman–Crippen LogP) is 5.78. The number of nitrogens with one attached hydrogen (secondary N) is 1. The van der Waals surface area contributed by atoms with E-state index in [1.807, 2.05) is 40.8 Å². The van der Waals surface area contributed by atoms with Crippen molar-refractivity contribution in [3.05, 3.63) is 71.2 Å². The van der Waals surface area contributed by atoms with Gasteiger partial charge in [0, 0.05) is 49.4 Å². The number of amides is 2. The maximum atomic E-state index is 13.9. The molecule has 13 heteroatoms. The molecule has 8 rings (SSSR count). The van der Waals surface area contributed by atoms with Gasteiger partial charge in [-0.3, -0.25) is 14.6 Å². The van der Waals surface area contributed by atoms with E-state index in [1.165, 1.54) is 18.3 Å². The summed E-state index contributed by atoms with van der Waals surface area (Å²) in [5.41, 5.74) is 9.90. The third-order valence-electron chi connectivity index (χ3n) is 10.8. The van der Waals surface area contributed by atoms with Crippen molar-refractivity contribution < 1.29 is 23.1 Å². The molecule has 4 atom stereocenters. The summed E-state index contributed by atoms with van der Waals surface area (Å²) in [5, 5.41) is 3.72. The lowest BCUT2D eigenvalue weighted by molar-refractivity contribution is 0.0603. The van der Waals surface area contributed by atoms with E-state index in [1.54, 1.807) is 14.0 Å². The number of ether oxygens (including phenoxy) is 1. The number of aryl methyl sites for hydroxylation is 1. The van der Waals surface area contributed by atoms with Crippen LogP contribution in [0.15, 0.2) is 48.7 Å². The monoisotopic (exact) mass is 682 g/mol. The SMILES string of the molecule is COc1cc(C(=O)N2C[C@H](N)[C@H]3CC[C@@H]2C3)cc2nc(-c3cc4ccc([C@@H](C)NC(=O)c5cccnc5C(F)F)nc4n3CC3CC3)n(C)c12. The summed E-state index contributed by atoms with van der Waals surface area (Å²) in [5.74, 6) is 1.58. The zero-order chi connectivity index (χ0) is 34.8. The molecule has 50 heavy (non-hydrogen) atoms. The second-order valence-electron chi connectivity index (χ2n) is 14.1. The van der Waals surface area contributed by atoms with Crippen LogP contribution in [0.3, 0.4) is 0 Å². The maximum Gasteiger partial charge on any atom is 0.281 e. The van der Waals surface area contributed by atoms with Gasteiger partial charge in [0.15, 0.2) is 5.82 Å². The molecule has 0 unspecified atom stereocenters. The average Bonchev–Trinajstić information content (AvgIpc) is 3.58. The van der Waals surface area contributed by atoms with Crippen molar-refractivity contribution in [3.8, 4) is 17.3 Å². The van der Waals surface area contributed by atoms with E-state index in [-0.39, 0.29) is 23.6 Å². The van der Waals surface area contributed by atoms with Crippen LogP contribution >= 0.6 is 0 Å². The fourth-order valence-electron chi connectivity index (χ4n) is 7.87. The minimum atomic E-state index is -2.87. The Morgan fingerprint density at radius 1 is 1.10 bits per heavy atom. The highest BCUT2D eigenvalue weighted by molar-refractivity contribution is 6.00. The molecule has 1 saturated heterocycles. The van der Waals surface area contributed by atoms with Gasteiger partial charge in [0.25, 0.3) is 18.2 Å². The van der Waals surface area contributed by atoms with Crippen molar-refractivity contribution in [2.45, 2.75) is 70.1 Å². The molecule has 3 fully saturated rings. The first-order chi connectivity index (χ1) is 24.1. The minimum absolute atomic E-state index is 0.00828. The maximum absolute atomic E-state index is 13.9. The molecule has 4 aromatic heterocycles. The van der Waals surface area contributed by atoms with Crippen LogP contribution in [-0.4, -0.2) is 66.5 Å². The third kappa shape index (κ3) is 5.57. The van der Waals surface area contributed by atoms with Crippen molar-refractivity contribution in [2.75, 3.05) is 13.7 Å². The zero-order valence-electron chi connectivity index (χ0n) is 28.3. The number of piperidine rings is 1. The molecule has 2 aliphatic carbocycles. The number of hydrogen-bond donors (Lipinski definition) is 2. The summed E-state index contributed by atoms with van der Waals surface area (Å²) < 4.78 is 37.1. The number of methoxy groups -OCH3 is 1. The van der Waals surface area contributed by atoms with Gasteiger partial charge in [-0.1, -0.05) is 0 Å². The van der Waals surface area contributed by atoms with E-state index >= 15 is 0 Å². The summed E-state index contributed by atoms with van der Waals surface area (Å²) in [4.78, 5) is 42.7. The second-order valence-corrected chi connectivity index (χ2v) is 14.1. The Bertz CT molecular complexity index is 2140. The lowest BCUT2D eigenvalue weighted by Gasteiger charge is -2.37. The summed E-state index contributed by atoms with van der Waals surface area (Å²) in [6, 6.07) is 12.0. The van der Waals surface area contributed by atoms with E-state index in [0.717, 1.165) is 60.9 Å². The number of aromatic nitrogens is 5. The standard InChI is InChI=1S/C37H40F2N8O3/c1-19(42-36(48)25-5-4-12-41-31(25)33(38)39)27-11-9-22-15-29(47(34(22)43-27)17-20-6-7-20)35-44-28-14-23(16-30(50-3)32(28)45(35)2)37(49)46-18-26(40)21-8-10-24(46)13-21/h4-5,9,11-12,14-16,19-21,24,26,33H,6-8,10,13,17-18,40H2,1-3H3,(H,42,48)/t19-,21+,24-,26+/m1/s1. The molecule has 11 nitrogen and oxygen atoms in total. The molecule has 3 aliphatic rings. The summed E-state index contributed by atoms with van der Waals surface area (Å²) in [6.45, 7) is 3.07. The minimum Gasteiger partial charge on any atom is -0.494 e. The van der Waals surface area contributed by atoms with E-state index in [2.05, 4.69) is 20.9 Å². The number of nitrogens with zero attached hydrogens (tertiary/aromatic N) is 6. The van der Waals surface area contributed by atoms with Crippen LogP contribution in [0.4, 0.5) is 8.78 Å². The molecule has 2 saturated carbocycles. The normalized spacial score (nSPS) is 20.9. The van der Waals surface area contributed by atoms with Crippen LogP contribution in [0.2, 0.25) is 0 Å². The largest absolute Gasteiger partial charge is 0.494 e. The molecule has 1 aromatic carbocycles. The number of rotatable bonds is 9. The van der Waals surface area contributed by atoms with Crippen LogP contribution in [0, 0.1) is 11.8 Å². The van der Waals surface area contributed by atoms with Crippen molar-refractivity contribution in [1.82, 2.24) is 34.3 Å². The molecule has 2 bridgehead atoms. The van der Waals surface area contributed by atoms with Gasteiger partial charge < -0.3 is 29.8 Å². The van der Waals surface area contributed by atoms with Gasteiger partial charge in [0.05, 0.1) is 35.6 Å². The van der Waals surface area contributed by atoms with Crippen molar-refractivity contribution in [2.24, 2.45) is 24.6 Å². The van der Waals surface area contributed by atoms with Gasteiger partial charge in [-0.15, -0.1) is 0 Å². The van der Waals surface area contributed by atoms with Crippen LogP contribution in [0.5, 0.6) is 5.75 Å².